The van der Waals surface area contributed by atoms with Crippen molar-refractivity contribution in [3.05, 3.63) is 71.3 Å². The number of piperazine rings is 1. The van der Waals surface area contributed by atoms with E-state index in [9.17, 15) is 8.78 Å². The van der Waals surface area contributed by atoms with E-state index < -0.39 is 0 Å². The van der Waals surface area contributed by atoms with Crippen molar-refractivity contribution in [1.82, 2.24) is 10.2 Å². The molecule has 3 N–H and O–H groups in total. The molecule has 2 aliphatic heterocycles. The van der Waals surface area contributed by atoms with Crippen LogP contribution in [0.2, 0.25) is 0 Å². The highest BCUT2D eigenvalue weighted by molar-refractivity contribution is 5.32. The number of hydrogen-bond acceptors (Lipinski definition) is 3. The molecule has 0 spiro atoms. The van der Waals surface area contributed by atoms with Crippen molar-refractivity contribution in [2.75, 3.05) is 19.6 Å². The number of hydrogen-bond donors (Lipinski definition) is 1. The second-order valence-electron chi connectivity index (χ2n) is 6.87. The van der Waals surface area contributed by atoms with Crippen molar-refractivity contribution < 1.29 is 19.0 Å². The van der Waals surface area contributed by atoms with Crippen LogP contribution in [0.4, 0.5) is 8.78 Å². The number of epoxide rings is 1. The van der Waals surface area contributed by atoms with E-state index in [1.165, 1.54) is 24.3 Å². The van der Waals surface area contributed by atoms with E-state index >= 15 is 0 Å². The van der Waals surface area contributed by atoms with Crippen molar-refractivity contribution in [3.8, 4) is 0 Å². The predicted octanol–water partition coefficient (Wildman–Crippen LogP) is 2.29. The monoisotopic (exact) mass is 362 g/mol. The topological polar surface area (TPSA) is 59.3 Å². The van der Waals surface area contributed by atoms with Gasteiger partial charge in [0.15, 0.2) is 0 Å². The third-order valence-electron chi connectivity index (χ3n) is 5.13. The maximum atomic E-state index is 13.4. The van der Waals surface area contributed by atoms with Crippen LogP contribution in [0, 0.1) is 11.6 Å². The third-order valence-corrected chi connectivity index (χ3v) is 5.13. The first-order valence-electron chi connectivity index (χ1n) is 8.75. The van der Waals surface area contributed by atoms with E-state index in [1.807, 2.05) is 24.3 Å². The Morgan fingerprint density at radius 3 is 1.96 bits per heavy atom. The van der Waals surface area contributed by atoms with Crippen molar-refractivity contribution >= 4 is 0 Å². The van der Waals surface area contributed by atoms with Crippen LogP contribution in [0.1, 0.15) is 24.1 Å². The summed E-state index contributed by atoms with van der Waals surface area (Å²) in [4.78, 5) is 2.37. The Balaban J connectivity index is 0.00000196. The van der Waals surface area contributed by atoms with Crippen LogP contribution in [0.3, 0.4) is 0 Å². The van der Waals surface area contributed by atoms with Gasteiger partial charge in [-0.1, -0.05) is 24.3 Å². The Labute approximate surface area is 152 Å². The van der Waals surface area contributed by atoms with Gasteiger partial charge in [0.25, 0.3) is 0 Å². The Morgan fingerprint density at radius 1 is 1.00 bits per heavy atom. The SMILES string of the molecule is CC1OC1[C@H]1CN(C(c2ccc(F)cc2)c2ccc(F)cc2)CCN1.O. The van der Waals surface area contributed by atoms with Crippen LogP contribution < -0.4 is 5.32 Å². The fourth-order valence-electron chi connectivity index (χ4n) is 3.79. The maximum Gasteiger partial charge on any atom is 0.123 e. The summed E-state index contributed by atoms with van der Waals surface area (Å²) >= 11 is 0. The first-order chi connectivity index (χ1) is 12.1. The summed E-state index contributed by atoms with van der Waals surface area (Å²) in [7, 11) is 0. The van der Waals surface area contributed by atoms with Gasteiger partial charge in [-0.3, -0.25) is 4.90 Å². The molecule has 2 aromatic carbocycles. The van der Waals surface area contributed by atoms with Crippen molar-refractivity contribution in [2.45, 2.75) is 31.2 Å². The van der Waals surface area contributed by atoms with Gasteiger partial charge in [-0.25, -0.2) is 8.78 Å². The summed E-state index contributed by atoms with van der Waals surface area (Å²) < 4.78 is 32.4. The minimum Gasteiger partial charge on any atom is -0.412 e. The van der Waals surface area contributed by atoms with Crippen molar-refractivity contribution in [3.63, 3.8) is 0 Å². The van der Waals surface area contributed by atoms with Gasteiger partial charge < -0.3 is 15.5 Å². The molecule has 0 bridgehead atoms. The number of benzene rings is 2. The van der Waals surface area contributed by atoms with Crippen molar-refractivity contribution in [1.29, 1.82) is 0 Å². The summed E-state index contributed by atoms with van der Waals surface area (Å²) in [5, 5.41) is 3.53. The summed E-state index contributed by atoms with van der Waals surface area (Å²) in [5.74, 6) is -0.500. The summed E-state index contributed by atoms with van der Waals surface area (Å²) in [6.45, 7) is 4.67. The van der Waals surface area contributed by atoms with Crippen LogP contribution in [-0.4, -0.2) is 48.3 Å². The molecule has 26 heavy (non-hydrogen) atoms. The molecule has 2 unspecified atom stereocenters. The van der Waals surface area contributed by atoms with Crippen LogP contribution in [0.5, 0.6) is 0 Å². The molecular formula is C20H24F2N2O2. The molecule has 3 atom stereocenters. The number of rotatable bonds is 4. The molecule has 2 fully saturated rings. The summed E-state index contributed by atoms with van der Waals surface area (Å²) in [6, 6.07) is 13.5. The average molecular weight is 362 g/mol. The largest absolute Gasteiger partial charge is 0.412 e. The highest BCUT2D eigenvalue weighted by atomic mass is 19.1. The molecule has 0 aliphatic carbocycles. The summed E-state index contributed by atoms with van der Waals surface area (Å²) in [6.07, 6.45) is 0.553. The minimum atomic E-state index is -0.250. The zero-order valence-electron chi connectivity index (χ0n) is 14.7. The fraction of sp³-hybridized carbons (Fsp3) is 0.400. The van der Waals surface area contributed by atoms with E-state index in [-0.39, 0.29) is 35.3 Å². The van der Waals surface area contributed by atoms with Crippen molar-refractivity contribution in [2.24, 2.45) is 0 Å². The predicted molar refractivity (Wildman–Crippen MR) is 96.0 cm³/mol. The normalized spacial score (nSPS) is 25.8. The molecule has 0 aromatic heterocycles. The Morgan fingerprint density at radius 2 is 1.50 bits per heavy atom. The van der Waals surface area contributed by atoms with E-state index in [0.717, 1.165) is 30.8 Å². The lowest BCUT2D eigenvalue weighted by atomic mass is 9.95. The van der Waals surface area contributed by atoms with Crippen LogP contribution >= 0.6 is 0 Å². The van der Waals surface area contributed by atoms with Gasteiger partial charge in [0.1, 0.15) is 17.7 Å². The zero-order valence-corrected chi connectivity index (χ0v) is 14.7. The quantitative estimate of drug-likeness (QED) is 0.849. The van der Waals surface area contributed by atoms with Gasteiger partial charge in [0.05, 0.1) is 12.1 Å². The first kappa shape index (κ1) is 18.9. The molecule has 0 saturated carbocycles. The number of nitrogens with one attached hydrogen (secondary N) is 1. The second kappa shape index (κ2) is 7.80. The molecular weight excluding hydrogens is 338 g/mol. The average Bonchev–Trinajstić information content (AvgIpc) is 3.36. The van der Waals surface area contributed by atoms with Gasteiger partial charge >= 0.3 is 0 Å². The molecule has 0 radical (unpaired) electrons. The summed E-state index contributed by atoms with van der Waals surface area (Å²) in [5.41, 5.74) is 2.02. The number of nitrogens with zero attached hydrogens (tertiary/aromatic N) is 1. The van der Waals surface area contributed by atoms with Crippen LogP contribution in [-0.2, 0) is 4.74 Å². The lowest BCUT2D eigenvalue weighted by Gasteiger charge is -2.39. The lowest BCUT2D eigenvalue weighted by Crippen LogP contribution is -2.54. The van der Waals surface area contributed by atoms with E-state index in [2.05, 4.69) is 17.1 Å². The molecule has 2 heterocycles. The molecule has 0 amide bonds. The van der Waals surface area contributed by atoms with Gasteiger partial charge in [-0.15, -0.1) is 0 Å². The highest BCUT2D eigenvalue weighted by Crippen LogP contribution is 2.33. The molecule has 6 heteroatoms. The maximum absolute atomic E-state index is 13.4. The van der Waals surface area contributed by atoms with E-state index in [4.69, 9.17) is 4.74 Å². The zero-order chi connectivity index (χ0) is 17.4. The smallest absolute Gasteiger partial charge is 0.123 e. The van der Waals surface area contributed by atoms with E-state index in [0.29, 0.717) is 6.10 Å². The third kappa shape index (κ3) is 3.94. The number of ether oxygens (including phenoxy) is 1. The standard InChI is InChI=1S/C20H22F2N2O.H2O/c1-13-20(25-13)18-12-24(11-10-23-18)19(14-2-6-16(21)7-3-14)15-4-8-17(22)9-5-15;/h2-9,13,18-20,23H,10-12H2,1H3;1H2/t13?,18-,20?;/m1./s1. The molecule has 4 nitrogen and oxygen atoms in total. The Kier molecular flexibility index (Phi) is 5.67. The fourth-order valence-corrected chi connectivity index (χ4v) is 3.79. The van der Waals surface area contributed by atoms with Crippen LogP contribution in [0.25, 0.3) is 0 Å². The highest BCUT2D eigenvalue weighted by Gasteiger charge is 2.43. The first-order valence-corrected chi connectivity index (χ1v) is 8.75. The van der Waals surface area contributed by atoms with Gasteiger partial charge in [-0.2, -0.15) is 0 Å². The molecule has 2 saturated heterocycles. The molecule has 4 rings (SSSR count). The van der Waals surface area contributed by atoms with Gasteiger partial charge in [0.2, 0.25) is 0 Å². The number of halogens is 2. The van der Waals surface area contributed by atoms with Crippen LogP contribution in [0.15, 0.2) is 48.5 Å². The lowest BCUT2D eigenvalue weighted by molar-refractivity contribution is 0.148. The Hall–Kier alpha value is -1.86. The van der Waals surface area contributed by atoms with E-state index in [1.54, 1.807) is 0 Å². The van der Waals surface area contributed by atoms with Gasteiger partial charge in [0, 0.05) is 25.7 Å². The molecule has 2 aromatic rings. The van der Waals surface area contributed by atoms with Gasteiger partial charge in [-0.05, 0) is 42.3 Å². The molecule has 2 aliphatic rings. The minimum absolute atomic E-state index is 0. The second-order valence-corrected chi connectivity index (χ2v) is 6.87. The molecule has 140 valence electrons. The Bertz CT molecular complexity index is 678.